The normalized spacial score (nSPS) is 19.5. The van der Waals surface area contributed by atoms with Crippen LogP contribution in [-0.4, -0.2) is 28.8 Å². The topological polar surface area (TPSA) is 96.9 Å². The van der Waals surface area contributed by atoms with E-state index in [2.05, 4.69) is 10.6 Å². The molecule has 3 atom stereocenters. The maximum Gasteiger partial charge on any atom is 0.221 e. The molecule has 0 radical (unpaired) electrons. The third-order valence-corrected chi connectivity index (χ3v) is 6.87. The summed E-state index contributed by atoms with van der Waals surface area (Å²) in [5, 5.41) is 14.9. The molecule has 0 aliphatic carbocycles. The van der Waals surface area contributed by atoms with Crippen LogP contribution in [0.2, 0.25) is 0 Å². The Bertz CT molecular complexity index is 1170. The molecule has 4 rings (SSSR count). The summed E-state index contributed by atoms with van der Waals surface area (Å²) < 4.78 is 12.7. The van der Waals surface area contributed by atoms with Gasteiger partial charge in [0.05, 0.1) is 18.8 Å². The maximum atomic E-state index is 11.3. The van der Waals surface area contributed by atoms with Gasteiger partial charge in [0.25, 0.3) is 0 Å². The highest BCUT2D eigenvalue weighted by Crippen LogP contribution is 2.39. The molecule has 0 saturated carbocycles. The zero-order valence-corrected chi connectivity index (χ0v) is 21.1. The van der Waals surface area contributed by atoms with E-state index in [1.807, 2.05) is 72.8 Å². The minimum atomic E-state index is -0.555. The third-order valence-electron chi connectivity index (χ3n) is 5.73. The summed E-state index contributed by atoms with van der Waals surface area (Å²) in [4.78, 5) is 23.7. The van der Waals surface area contributed by atoms with E-state index < -0.39 is 6.29 Å². The van der Waals surface area contributed by atoms with E-state index in [1.54, 1.807) is 11.8 Å². The Morgan fingerprint density at radius 1 is 0.833 bits per heavy atom. The van der Waals surface area contributed by atoms with Crippen LogP contribution in [0.1, 0.15) is 49.4 Å². The predicted octanol–water partition coefficient (Wildman–Crippen LogP) is 5.43. The van der Waals surface area contributed by atoms with Crippen molar-refractivity contribution in [2.45, 2.75) is 50.3 Å². The molecule has 0 bridgehead atoms. The van der Waals surface area contributed by atoms with E-state index in [0.717, 1.165) is 33.0 Å². The molecule has 1 aliphatic rings. The van der Waals surface area contributed by atoms with Crippen LogP contribution in [-0.2, 0) is 25.7 Å². The van der Waals surface area contributed by atoms with Crippen LogP contribution in [0.15, 0.2) is 77.7 Å². The van der Waals surface area contributed by atoms with E-state index >= 15 is 0 Å². The number of nitrogens with one attached hydrogen (secondary N) is 2. The molecule has 7 nitrogen and oxygen atoms in total. The molecule has 3 aromatic rings. The Morgan fingerprint density at radius 2 is 1.39 bits per heavy atom. The van der Waals surface area contributed by atoms with Gasteiger partial charge in [-0.25, -0.2) is 0 Å². The van der Waals surface area contributed by atoms with Crippen molar-refractivity contribution < 1.29 is 24.2 Å². The number of hydrogen-bond acceptors (Lipinski definition) is 6. The highest BCUT2D eigenvalue weighted by molar-refractivity contribution is 7.99. The zero-order valence-electron chi connectivity index (χ0n) is 20.3. The van der Waals surface area contributed by atoms with Gasteiger partial charge in [0, 0.05) is 47.9 Å². The molecular weight excluding hydrogens is 476 g/mol. The third kappa shape index (κ3) is 7.18. The Hall–Kier alpha value is -3.17. The molecule has 1 saturated heterocycles. The van der Waals surface area contributed by atoms with E-state index in [4.69, 9.17) is 9.47 Å². The molecule has 3 aromatic carbocycles. The van der Waals surface area contributed by atoms with Crippen molar-refractivity contribution in [1.82, 2.24) is 0 Å². The van der Waals surface area contributed by atoms with Gasteiger partial charge in [-0.3, -0.25) is 9.59 Å². The molecule has 8 heteroatoms. The number of rotatable bonds is 8. The van der Waals surface area contributed by atoms with Gasteiger partial charge in [-0.05, 0) is 47.5 Å². The fourth-order valence-electron chi connectivity index (χ4n) is 3.98. The van der Waals surface area contributed by atoms with Crippen molar-refractivity contribution in [2.75, 3.05) is 16.4 Å². The molecule has 3 unspecified atom stereocenters. The second-order valence-electron chi connectivity index (χ2n) is 8.67. The van der Waals surface area contributed by atoms with E-state index in [0.29, 0.717) is 12.1 Å². The van der Waals surface area contributed by atoms with Gasteiger partial charge in [-0.2, -0.15) is 0 Å². The molecule has 1 heterocycles. The number of amides is 2. The lowest BCUT2D eigenvalue weighted by atomic mass is 10.0. The predicted molar refractivity (Wildman–Crippen MR) is 141 cm³/mol. The lowest BCUT2D eigenvalue weighted by molar-refractivity contribution is -0.245. The standard InChI is InChI=1S/C28H30N2O5S/c1-18(32)29-23-9-7-22(8-10-23)28-34-25(15-27(35-28)21-5-3-20(16-31)4-6-21)17-36-26-13-11-24(12-14-26)30-19(2)33/h3-14,25,27-28,31H,15-17H2,1-2H3,(H,29,32)(H,30,33). The Balaban J connectivity index is 1.48. The van der Waals surface area contributed by atoms with Crippen molar-refractivity contribution in [3.05, 3.63) is 89.5 Å². The highest BCUT2D eigenvalue weighted by Gasteiger charge is 2.32. The molecule has 36 heavy (non-hydrogen) atoms. The number of hydrogen-bond donors (Lipinski definition) is 3. The lowest BCUT2D eigenvalue weighted by Gasteiger charge is -2.36. The van der Waals surface area contributed by atoms with Gasteiger partial charge < -0.3 is 25.2 Å². The zero-order chi connectivity index (χ0) is 25.5. The number of thioether (sulfide) groups is 1. The number of aliphatic hydroxyl groups is 1. The fourth-order valence-corrected chi connectivity index (χ4v) is 4.90. The number of carbonyl (C=O) groups is 2. The van der Waals surface area contributed by atoms with E-state index in [9.17, 15) is 14.7 Å². The molecule has 3 N–H and O–H groups in total. The largest absolute Gasteiger partial charge is 0.392 e. The van der Waals surface area contributed by atoms with Gasteiger partial charge in [-0.15, -0.1) is 11.8 Å². The molecule has 0 spiro atoms. The van der Waals surface area contributed by atoms with Crippen molar-refractivity contribution in [3.63, 3.8) is 0 Å². The number of aliphatic hydroxyl groups excluding tert-OH is 1. The summed E-state index contributed by atoms with van der Waals surface area (Å²) in [6.07, 6.45) is -0.100. The summed E-state index contributed by atoms with van der Waals surface area (Å²) in [5.41, 5.74) is 4.24. The van der Waals surface area contributed by atoms with E-state index in [1.165, 1.54) is 13.8 Å². The second-order valence-corrected chi connectivity index (χ2v) is 9.76. The quantitative estimate of drug-likeness (QED) is 0.353. The van der Waals surface area contributed by atoms with Crippen LogP contribution >= 0.6 is 11.8 Å². The van der Waals surface area contributed by atoms with Gasteiger partial charge >= 0.3 is 0 Å². The van der Waals surface area contributed by atoms with Crippen LogP contribution in [0.25, 0.3) is 0 Å². The molecule has 1 fully saturated rings. The number of benzene rings is 3. The first-order valence-corrected chi connectivity index (χ1v) is 12.8. The molecule has 1 aliphatic heterocycles. The summed E-state index contributed by atoms with van der Waals surface area (Å²) in [7, 11) is 0. The first kappa shape index (κ1) is 25.9. The van der Waals surface area contributed by atoms with Crippen LogP contribution in [0.4, 0.5) is 11.4 Å². The second kappa shape index (κ2) is 12.2. The number of carbonyl (C=O) groups excluding carboxylic acids is 2. The van der Waals surface area contributed by atoms with Gasteiger partial charge in [0.2, 0.25) is 11.8 Å². The van der Waals surface area contributed by atoms with E-state index in [-0.39, 0.29) is 30.6 Å². The minimum absolute atomic E-state index is 0.00181. The van der Waals surface area contributed by atoms with Crippen LogP contribution in [0.3, 0.4) is 0 Å². The monoisotopic (exact) mass is 506 g/mol. The molecule has 0 aromatic heterocycles. The Labute approximate surface area is 215 Å². The van der Waals surface area contributed by atoms with Crippen LogP contribution in [0, 0.1) is 0 Å². The molecule has 188 valence electrons. The Morgan fingerprint density at radius 3 is 1.94 bits per heavy atom. The van der Waals surface area contributed by atoms with Crippen molar-refractivity contribution >= 4 is 35.0 Å². The SMILES string of the molecule is CC(=O)Nc1ccc(SCC2CC(c3ccc(CO)cc3)OC(c3ccc(NC(C)=O)cc3)O2)cc1. The first-order valence-electron chi connectivity index (χ1n) is 11.8. The first-order chi connectivity index (χ1) is 17.4. The van der Waals surface area contributed by atoms with Gasteiger partial charge in [0.1, 0.15) is 0 Å². The summed E-state index contributed by atoms with van der Waals surface area (Å²) in [5.74, 6) is 0.510. The summed E-state index contributed by atoms with van der Waals surface area (Å²) in [6, 6.07) is 23.0. The number of ether oxygens (including phenoxy) is 2. The molecular formula is C28H30N2O5S. The average molecular weight is 507 g/mol. The van der Waals surface area contributed by atoms with Crippen molar-refractivity contribution in [2.24, 2.45) is 0 Å². The molecule has 2 amide bonds. The van der Waals surface area contributed by atoms with Crippen molar-refractivity contribution in [1.29, 1.82) is 0 Å². The minimum Gasteiger partial charge on any atom is -0.392 e. The van der Waals surface area contributed by atoms with Gasteiger partial charge in [-0.1, -0.05) is 36.4 Å². The highest BCUT2D eigenvalue weighted by atomic mass is 32.2. The van der Waals surface area contributed by atoms with Crippen LogP contribution in [0.5, 0.6) is 0 Å². The lowest BCUT2D eigenvalue weighted by Crippen LogP contribution is -2.31. The van der Waals surface area contributed by atoms with Crippen molar-refractivity contribution in [3.8, 4) is 0 Å². The smallest absolute Gasteiger partial charge is 0.221 e. The maximum absolute atomic E-state index is 11.3. The number of anilines is 2. The Kier molecular flexibility index (Phi) is 8.77. The summed E-state index contributed by atoms with van der Waals surface area (Å²) >= 11 is 1.69. The average Bonchev–Trinajstić information content (AvgIpc) is 2.88. The summed E-state index contributed by atoms with van der Waals surface area (Å²) in [6.45, 7) is 2.96. The van der Waals surface area contributed by atoms with Gasteiger partial charge in [0.15, 0.2) is 6.29 Å². The van der Waals surface area contributed by atoms with Crippen LogP contribution < -0.4 is 10.6 Å². The fraction of sp³-hybridized carbons (Fsp3) is 0.286.